The van der Waals surface area contributed by atoms with Crippen molar-refractivity contribution in [2.24, 2.45) is 5.92 Å². The van der Waals surface area contributed by atoms with E-state index in [4.69, 9.17) is 11.6 Å². The summed E-state index contributed by atoms with van der Waals surface area (Å²) in [4.78, 5) is 1.42. The van der Waals surface area contributed by atoms with Gasteiger partial charge in [-0.05, 0) is 56.1 Å². The molecule has 2 nitrogen and oxygen atoms in total. The number of halogens is 1. The van der Waals surface area contributed by atoms with Gasteiger partial charge < -0.3 is 10.4 Å². The normalized spacial score (nSPS) is 34.5. The van der Waals surface area contributed by atoms with Crippen LogP contribution < -0.4 is 5.32 Å². The molecule has 2 aliphatic rings. The summed E-state index contributed by atoms with van der Waals surface area (Å²) in [5, 5.41) is 14.2. The van der Waals surface area contributed by atoms with Crippen LogP contribution in [0.2, 0.25) is 4.34 Å². The van der Waals surface area contributed by atoms with Gasteiger partial charge in [-0.3, -0.25) is 0 Å². The lowest BCUT2D eigenvalue weighted by molar-refractivity contribution is -0.00818. The average molecular weight is 300 g/mol. The molecule has 1 atom stereocenters. The minimum Gasteiger partial charge on any atom is -0.389 e. The Hall–Kier alpha value is -0.0900. The average Bonchev–Trinajstić information content (AvgIpc) is 2.90. The fourth-order valence-corrected chi connectivity index (χ4v) is 4.69. The first-order valence-electron chi connectivity index (χ1n) is 7.30. The maximum Gasteiger partial charge on any atom is 0.0934 e. The Kier molecular flexibility index (Phi) is 3.91. The molecule has 1 unspecified atom stereocenters. The van der Waals surface area contributed by atoms with Crippen molar-refractivity contribution in [1.82, 2.24) is 5.32 Å². The summed E-state index contributed by atoms with van der Waals surface area (Å²) in [5.41, 5.74) is 0.873. The highest BCUT2D eigenvalue weighted by Gasteiger charge is 2.33. The smallest absolute Gasteiger partial charge is 0.0934 e. The molecule has 0 aliphatic heterocycles. The van der Waals surface area contributed by atoms with Crippen LogP contribution in [0.5, 0.6) is 0 Å². The Morgan fingerprint density at radius 2 is 2.16 bits per heavy atom. The molecule has 0 spiro atoms. The van der Waals surface area contributed by atoms with Crippen molar-refractivity contribution in [2.75, 3.05) is 6.54 Å². The molecule has 0 bridgehead atoms. The monoisotopic (exact) mass is 299 g/mol. The van der Waals surface area contributed by atoms with E-state index in [9.17, 15) is 5.11 Å². The molecular weight excluding hydrogens is 278 g/mol. The second-order valence-corrected chi connectivity index (χ2v) is 8.08. The number of hydrogen-bond donors (Lipinski definition) is 2. The molecule has 0 saturated heterocycles. The van der Waals surface area contributed by atoms with Gasteiger partial charge in [-0.25, -0.2) is 0 Å². The molecule has 1 saturated carbocycles. The van der Waals surface area contributed by atoms with E-state index in [1.165, 1.54) is 10.4 Å². The number of aryl methyl sites for hydroxylation is 1. The highest BCUT2D eigenvalue weighted by Crippen LogP contribution is 2.40. The maximum atomic E-state index is 10.6. The fourth-order valence-electron chi connectivity index (χ4n) is 3.33. The van der Waals surface area contributed by atoms with E-state index in [1.807, 2.05) is 0 Å². The first-order chi connectivity index (χ1) is 9.06. The number of hydrogen-bond acceptors (Lipinski definition) is 3. The molecule has 1 aromatic heterocycles. The highest BCUT2D eigenvalue weighted by molar-refractivity contribution is 7.16. The summed E-state index contributed by atoms with van der Waals surface area (Å²) in [6.07, 6.45) is 6.44. The zero-order valence-electron chi connectivity index (χ0n) is 11.4. The van der Waals surface area contributed by atoms with Crippen molar-refractivity contribution in [3.8, 4) is 0 Å². The van der Waals surface area contributed by atoms with Crippen molar-refractivity contribution in [1.29, 1.82) is 0 Å². The van der Waals surface area contributed by atoms with E-state index >= 15 is 0 Å². The van der Waals surface area contributed by atoms with E-state index in [1.54, 1.807) is 11.3 Å². The summed E-state index contributed by atoms with van der Waals surface area (Å²) < 4.78 is 0.890. The Balaban J connectivity index is 1.58. The summed E-state index contributed by atoms with van der Waals surface area (Å²) in [7, 11) is 0. The van der Waals surface area contributed by atoms with Gasteiger partial charge in [0.25, 0.3) is 0 Å². The second-order valence-electron chi connectivity index (χ2n) is 6.31. The molecule has 0 amide bonds. The first-order valence-corrected chi connectivity index (χ1v) is 8.49. The Morgan fingerprint density at radius 1 is 1.42 bits per heavy atom. The standard InChI is InChI=1S/C15H22ClNOS/c1-10-4-6-15(18,7-5-10)9-17-12-2-3-13-11(12)8-14(16)19-13/h8,10,12,17-18H,2-7,9H2,1H3. The molecule has 1 fully saturated rings. The molecular formula is C15H22ClNOS. The van der Waals surface area contributed by atoms with Crippen molar-refractivity contribution in [3.05, 3.63) is 20.8 Å². The molecule has 0 radical (unpaired) electrons. The van der Waals surface area contributed by atoms with Crippen LogP contribution in [0, 0.1) is 5.92 Å². The van der Waals surface area contributed by atoms with Crippen LogP contribution in [0.4, 0.5) is 0 Å². The predicted molar refractivity (Wildman–Crippen MR) is 81.0 cm³/mol. The number of nitrogens with one attached hydrogen (secondary N) is 1. The van der Waals surface area contributed by atoms with Gasteiger partial charge in [0.2, 0.25) is 0 Å². The quantitative estimate of drug-likeness (QED) is 0.886. The minimum atomic E-state index is -0.491. The van der Waals surface area contributed by atoms with Gasteiger partial charge in [0.1, 0.15) is 0 Å². The number of rotatable bonds is 3. The molecule has 1 aromatic rings. The number of aliphatic hydroxyl groups is 1. The van der Waals surface area contributed by atoms with Crippen LogP contribution in [0.1, 0.15) is 55.5 Å². The third-order valence-corrected chi connectivity index (χ3v) is 6.07. The van der Waals surface area contributed by atoms with Crippen molar-refractivity contribution < 1.29 is 5.11 Å². The van der Waals surface area contributed by atoms with Crippen LogP contribution >= 0.6 is 22.9 Å². The fraction of sp³-hybridized carbons (Fsp3) is 0.733. The summed E-state index contributed by atoms with van der Waals surface area (Å²) >= 11 is 7.78. The summed E-state index contributed by atoms with van der Waals surface area (Å²) in [6, 6.07) is 2.49. The van der Waals surface area contributed by atoms with Gasteiger partial charge >= 0.3 is 0 Å². The van der Waals surface area contributed by atoms with Gasteiger partial charge in [-0.1, -0.05) is 18.5 Å². The topological polar surface area (TPSA) is 32.3 Å². The number of thiophene rings is 1. The van der Waals surface area contributed by atoms with Crippen LogP contribution in [0.3, 0.4) is 0 Å². The Morgan fingerprint density at radius 3 is 2.89 bits per heavy atom. The predicted octanol–water partition coefficient (Wildman–Crippen LogP) is 3.92. The van der Waals surface area contributed by atoms with Crippen LogP contribution in [0.15, 0.2) is 6.07 Å². The van der Waals surface area contributed by atoms with Crippen LogP contribution in [-0.2, 0) is 6.42 Å². The second kappa shape index (κ2) is 5.36. The summed E-state index contributed by atoms with van der Waals surface area (Å²) in [5.74, 6) is 0.772. The Labute approximate surface area is 124 Å². The van der Waals surface area contributed by atoms with E-state index in [0.717, 1.165) is 55.3 Å². The Bertz CT molecular complexity index is 451. The van der Waals surface area contributed by atoms with Crippen molar-refractivity contribution >= 4 is 22.9 Å². The zero-order valence-corrected chi connectivity index (χ0v) is 13.0. The SMILES string of the molecule is CC1CCC(O)(CNC2CCc3sc(Cl)cc32)CC1. The molecule has 0 aromatic carbocycles. The van der Waals surface area contributed by atoms with Crippen LogP contribution in [-0.4, -0.2) is 17.3 Å². The first kappa shape index (κ1) is 13.9. The van der Waals surface area contributed by atoms with E-state index < -0.39 is 5.60 Å². The van der Waals surface area contributed by atoms with Gasteiger partial charge in [0.15, 0.2) is 0 Å². The third kappa shape index (κ3) is 2.99. The lowest BCUT2D eigenvalue weighted by atomic mass is 9.79. The van der Waals surface area contributed by atoms with E-state index in [-0.39, 0.29) is 0 Å². The van der Waals surface area contributed by atoms with Gasteiger partial charge in [-0.15, -0.1) is 11.3 Å². The number of fused-ring (bicyclic) bond motifs is 1. The molecule has 1 heterocycles. The molecule has 3 rings (SSSR count). The molecule has 2 aliphatic carbocycles. The van der Waals surface area contributed by atoms with E-state index in [2.05, 4.69) is 18.3 Å². The minimum absolute atomic E-state index is 0.391. The molecule has 19 heavy (non-hydrogen) atoms. The van der Waals surface area contributed by atoms with Crippen molar-refractivity contribution in [3.63, 3.8) is 0 Å². The third-order valence-electron chi connectivity index (χ3n) is 4.73. The van der Waals surface area contributed by atoms with Gasteiger partial charge in [0.05, 0.1) is 9.94 Å². The maximum absolute atomic E-state index is 10.6. The largest absolute Gasteiger partial charge is 0.389 e. The van der Waals surface area contributed by atoms with Gasteiger partial charge in [-0.2, -0.15) is 0 Å². The summed E-state index contributed by atoms with van der Waals surface area (Å²) in [6.45, 7) is 3.00. The van der Waals surface area contributed by atoms with Gasteiger partial charge in [0, 0.05) is 17.5 Å². The van der Waals surface area contributed by atoms with Crippen LogP contribution in [0.25, 0.3) is 0 Å². The lowest BCUT2D eigenvalue weighted by Crippen LogP contribution is -2.44. The van der Waals surface area contributed by atoms with E-state index in [0.29, 0.717) is 6.04 Å². The zero-order chi connectivity index (χ0) is 13.5. The molecule has 4 heteroatoms. The van der Waals surface area contributed by atoms with Crippen molar-refractivity contribution in [2.45, 2.75) is 57.1 Å². The highest BCUT2D eigenvalue weighted by atomic mass is 35.5. The molecule has 106 valence electrons. The molecule has 2 N–H and O–H groups in total. The lowest BCUT2D eigenvalue weighted by Gasteiger charge is -2.36.